The number of nitrogens with two attached hydrogens (primary N) is 1. The van der Waals surface area contributed by atoms with E-state index in [2.05, 4.69) is 5.32 Å². The van der Waals surface area contributed by atoms with Crippen LogP contribution in [0.4, 0.5) is 0 Å². The highest BCUT2D eigenvalue weighted by Crippen LogP contribution is 2.59. The molecule has 1 aliphatic carbocycles. The van der Waals surface area contributed by atoms with Crippen LogP contribution >= 0.6 is 12.4 Å². The van der Waals surface area contributed by atoms with Crippen molar-refractivity contribution < 1.29 is 9.59 Å². The maximum absolute atomic E-state index is 12.8. The topological polar surface area (TPSA) is 75.4 Å². The van der Waals surface area contributed by atoms with E-state index < -0.39 is 0 Å². The minimum Gasteiger partial charge on any atom is -0.370 e. The number of amides is 2. The van der Waals surface area contributed by atoms with Crippen LogP contribution < -0.4 is 11.1 Å². The lowest BCUT2D eigenvalue weighted by molar-refractivity contribution is -0.138. The van der Waals surface area contributed by atoms with E-state index >= 15 is 0 Å². The monoisotopic (exact) mass is 315 g/mol. The Morgan fingerprint density at radius 3 is 2.62 bits per heavy atom. The maximum Gasteiger partial charge on any atom is 0.226 e. The molecule has 0 bridgehead atoms. The third-order valence-electron chi connectivity index (χ3n) is 5.43. The van der Waals surface area contributed by atoms with Crippen LogP contribution in [0.15, 0.2) is 0 Å². The molecule has 120 valence electrons. The highest BCUT2D eigenvalue weighted by molar-refractivity contribution is 5.85. The number of hydrogen-bond acceptors (Lipinski definition) is 3. The van der Waals surface area contributed by atoms with E-state index in [-0.39, 0.29) is 41.6 Å². The van der Waals surface area contributed by atoms with Crippen molar-refractivity contribution in [2.24, 2.45) is 17.1 Å². The summed E-state index contributed by atoms with van der Waals surface area (Å²) in [6, 6.07) is 0.0492. The van der Waals surface area contributed by atoms with E-state index in [4.69, 9.17) is 5.73 Å². The van der Waals surface area contributed by atoms with Crippen molar-refractivity contribution in [2.75, 3.05) is 19.6 Å². The van der Waals surface area contributed by atoms with Crippen molar-refractivity contribution in [1.82, 2.24) is 10.2 Å². The van der Waals surface area contributed by atoms with E-state index in [9.17, 15) is 9.59 Å². The van der Waals surface area contributed by atoms with Crippen molar-refractivity contribution in [1.29, 1.82) is 0 Å². The van der Waals surface area contributed by atoms with Gasteiger partial charge in [-0.2, -0.15) is 0 Å². The number of rotatable bonds is 3. The molecule has 0 aromatic rings. The van der Waals surface area contributed by atoms with Crippen LogP contribution in [-0.4, -0.2) is 42.4 Å². The van der Waals surface area contributed by atoms with Gasteiger partial charge in [-0.05, 0) is 57.0 Å². The molecule has 2 heterocycles. The van der Waals surface area contributed by atoms with Gasteiger partial charge in [-0.25, -0.2) is 0 Å². The Kier molecular flexibility index (Phi) is 5.15. The van der Waals surface area contributed by atoms with Gasteiger partial charge in [0.1, 0.15) is 0 Å². The minimum absolute atomic E-state index is 0. The summed E-state index contributed by atoms with van der Waals surface area (Å²) in [5.41, 5.74) is 5.60. The first-order chi connectivity index (χ1) is 9.62. The van der Waals surface area contributed by atoms with Crippen LogP contribution in [0.1, 0.15) is 44.9 Å². The second kappa shape index (κ2) is 6.53. The van der Waals surface area contributed by atoms with Crippen LogP contribution in [0.3, 0.4) is 0 Å². The first-order valence-corrected chi connectivity index (χ1v) is 7.92. The average molecular weight is 316 g/mol. The summed E-state index contributed by atoms with van der Waals surface area (Å²) < 4.78 is 0. The minimum atomic E-state index is -0.290. The molecule has 0 radical (unpaired) electrons. The van der Waals surface area contributed by atoms with Crippen LogP contribution in [-0.2, 0) is 9.59 Å². The molecule has 2 saturated heterocycles. The van der Waals surface area contributed by atoms with Gasteiger partial charge in [0.2, 0.25) is 11.8 Å². The van der Waals surface area contributed by atoms with Crippen LogP contribution in [0.5, 0.6) is 0 Å². The fourth-order valence-electron chi connectivity index (χ4n) is 4.11. The number of carbonyl (C=O) groups is 2. The van der Waals surface area contributed by atoms with Gasteiger partial charge in [0.05, 0.1) is 0 Å². The smallest absolute Gasteiger partial charge is 0.226 e. The lowest BCUT2D eigenvalue weighted by Gasteiger charge is -2.36. The number of piperidine rings is 2. The van der Waals surface area contributed by atoms with E-state index in [1.807, 2.05) is 4.90 Å². The Bertz CT molecular complexity index is 410. The molecule has 21 heavy (non-hydrogen) atoms. The second-order valence-electron chi connectivity index (χ2n) is 6.72. The zero-order valence-corrected chi connectivity index (χ0v) is 13.3. The molecule has 1 saturated carbocycles. The maximum atomic E-state index is 12.8. The van der Waals surface area contributed by atoms with E-state index in [0.29, 0.717) is 6.42 Å². The van der Waals surface area contributed by atoms with Crippen molar-refractivity contribution in [3.8, 4) is 0 Å². The SMILES string of the molecule is Cl.NC(=O)CC1CCCCN1C(=O)C1CC12CCNCC2. The Hall–Kier alpha value is -0.810. The van der Waals surface area contributed by atoms with Gasteiger partial charge in [0, 0.05) is 24.9 Å². The molecule has 3 N–H and O–H groups in total. The number of nitrogens with one attached hydrogen (secondary N) is 1. The van der Waals surface area contributed by atoms with Gasteiger partial charge in [-0.1, -0.05) is 0 Å². The highest BCUT2D eigenvalue weighted by atomic mass is 35.5. The molecule has 2 unspecified atom stereocenters. The van der Waals surface area contributed by atoms with Crippen molar-refractivity contribution in [3.05, 3.63) is 0 Å². The molecule has 1 spiro atoms. The number of nitrogens with zero attached hydrogens (tertiary/aromatic N) is 1. The second-order valence-corrected chi connectivity index (χ2v) is 6.72. The van der Waals surface area contributed by atoms with Gasteiger partial charge in [0.25, 0.3) is 0 Å². The van der Waals surface area contributed by atoms with E-state index in [1.54, 1.807) is 0 Å². The van der Waals surface area contributed by atoms with Crippen LogP contribution in [0.2, 0.25) is 0 Å². The van der Waals surface area contributed by atoms with E-state index in [1.165, 1.54) is 0 Å². The highest BCUT2D eigenvalue weighted by Gasteiger charge is 2.59. The van der Waals surface area contributed by atoms with Gasteiger partial charge in [0.15, 0.2) is 0 Å². The summed E-state index contributed by atoms with van der Waals surface area (Å²) in [5, 5.41) is 3.37. The summed E-state index contributed by atoms with van der Waals surface area (Å²) in [7, 11) is 0. The number of carbonyl (C=O) groups excluding carboxylic acids is 2. The number of hydrogen-bond donors (Lipinski definition) is 2. The fraction of sp³-hybridized carbons (Fsp3) is 0.867. The molecule has 3 rings (SSSR count). The Morgan fingerprint density at radius 2 is 1.95 bits per heavy atom. The third kappa shape index (κ3) is 3.34. The zero-order valence-electron chi connectivity index (χ0n) is 12.5. The summed E-state index contributed by atoms with van der Waals surface area (Å²) in [5.74, 6) is 0.206. The molecular weight excluding hydrogens is 290 g/mol. The molecule has 5 nitrogen and oxygen atoms in total. The number of likely N-dealkylation sites (tertiary alicyclic amines) is 1. The lowest BCUT2D eigenvalue weighted by atomic mass is 9.90. The summed E-state index contributed by atoms with van der Waals surface area (Å²) in [6.07, 6.45) is 6.70. The summed E-state index contributed by atoms with van der Waals surface area (Å²) in [6.45, 7) is 2.88. The average Bonchev–Trinajstić information content (AvgIpc) is 3.12. The number of halogens is 1. The molecule has 6 heteroatoms. The van der Waals surface area contributed by atoms with Gasteiger partial charge in [-0.15, -0.1) is 12.4 Å². The molecule has 3 aliphatic rings. The molecule has 0 aromatic carbocycles. The van der Waals surface area contributed by atoms with Gasteiger partial charge in [-0.3, -0.25) is 9.59 Å². The Balaban J connectivity index is 0.00000161. The summed E-state index contributed by atoms with van der Waals surface area (Å²) >= 11 is 0. The van der Waals surface area contributed by atoms with Crippen molar-refractivity contribution in [2.45, 2.75) is 51.0 Å². The van der Waals surface area contributed by atoms with Gasteiger partial charge >= 0.3 is 0 Å². The molecule has 2 atom stereocenters. The normalized spacial score (nSPS) is 30.6. The Morgan fingerprint density at radius 1 is 1.24 bits per heavy atom. The number of primary amides is 1. The predicted octanol–water partition coefficient (Wildman–Crippen LogP) is 1.05. The van der Waals surface area contributed by atoms with Crippen molar-refractivity contribution >= 4 is 24.2 Å². The molecule has 2 amide bonds. The lowest BCUT2D eigenvalue weighted by Crippen LogP contribution is -2.47. The largest absolute Gasteiger partial charge is 0.370 e. The standard InChI is InChI=1S/C15H25N3O2.ClH/c16-13(19)9-11-3-1-2-8-18(11)14(20)12-10-15(12)4-6-17-7-5-15;/h11-12,17H,1-10H2,(H2,16,19);1H. The van der Waals surface area contributed by atoms with E-state index in [0.717, 1.165) is 58.2 Å². The molecule has 3 fully saturated rings. The first-order valence-electron chi connectivity index (χ1n) is 7.92. The van der Waals surface area contributed by atoms with Gasteiger partial charge < -0.3 is 16.0 Å². The predicted molar refractivity (Wildman–Crippen MR) is 83.1 cm³/mol. The van der Waals surface area contributed by atoms with Crippen molar-refractivity contribution in [3.63, 3.8) is 0 Å². The van der Waals surface area contributed by atoms with Crippen LogP contribution in [0.25, 0.3) is 0 Å². The molecule has 2 aliphatic heterocycles. The quantitative estimate of drug-likeness (QED) is 0.817. The third-order valence-corrected chi connectivity index (χ3v) is 5.43. The Labute approximate surface area is 132 Å². The first kappa shape index (κ1) is 16.6. The zero-order chi connectivity index (χ0) is 14.2. The fourth-order valence-corrected chi connectivity index (χ4v) is 4.11. The van der Waals surface area contributed by atoms with Crippen LogP contribution in [0, 0.1) is 11.3 Å². The summed E-state index contributed by atoms with van der Waals surface area (Å²) in [4.78, 5) is 25.9. The molecule has 0 aromatic heterocycles. The molecular formula is C15H26ClN3O2.